The third-order valence-electron chi connectivity index (χ3n) is 3.69. The summed E-state index contributed by atoms with van der Waals surface area (Å²) < 4.78 is 5.04. The summed E-state index contributed by atoms with van der Waals surface area (Å²) in [4.78, 5) is 36.8. The molecule has 0 spiro atoms. The fourth-order valence-corrected chi connectivity index (χ4v) is 3.06. The van der Waals surface area contributed by atoms with Gasteiger partial charge in [-0.05, 0) is 36.4 Å². The minimum atomic E-state index is -0.509. The summed E-state index contributed by atoms with van der Waals surface area (Å²) in [5, 5.41) is 3.35. The summed E-state index contributed by atoms with van der Waals surface area (Å²) in [7, 11) is 0. The van der Waals surface area contributed by atoms with Gasteiger partial charge in [-0.25, -0.2) is 0 Å². The van der Waals surface area contributed by atoms with E-state index in [0.29, 0.717) is 16.3 Å². The van der Waals surface area contributed by atoms with Crippen molar-refractivity contribution in [3.8, 4) is 0 Å². The first-order chi connectivity index (χ1) is 13.2. The fourth-order valence-electron chi connectivity index (χ4n) is 2.03. The van der Waals surface area contributed by atoms with Crippen molar-refractivity contribution < 1.29 is 19.1 Å². The van der Waals surface area contributed by atoms with E-state index >= 15 is 0 Å². The smallest absolute Gasteiger partial charge is 0.316 e. The van der Waals surface area contributed by atoms with E-state index in [9.17, 15) is 14.4 Å². The predicted molar refractivity (Wildman–Crippen MR) is 112 cm³/mol. The second-order valence-electron chi connectivity index (χ2n) is 7.08. The normalized spacial score (nSPS) is 11.0. The van der Waals surface area contributed by atoms with E-state index in [-0.39, 0.29) is 24.1 Å². The quantitative estimate of drug-likeness (QED) is 0.395. The van der Waals surface area contributed by atoms with Gasteiger partial charge in [0.25, 0.3) is 0 Å². The van der Waals surface area contributed by atoms with Crippen LogP contribution < -0.4 is 5.32 Å². The Hall–Kier alpha value is -2.31. The first-order valence-corrected chi connectivity index (χ1v) is 10.0. The van der Waals surface area contributed by atoms with Gasteiger partial charge >= 0.3 is 5.97 Å². The molecule has 0 radical (unpaired) electrons. The molecular formula is C21H22ClNO4S. The fraction of sp³-hybridized carbons (Fsp3) is 0.286. The number of thioether (sulfide) groups is 1. The van der Waals surface area contributed by atoms with Crippen LogP contribution in [-0.4, -0.2) is 30.0 Å². The van der Waals surface area contributed by atoms with Crippen molar-refractivity contribution >= 4 is 46.7 Å². The molecule has 0 heterocycles. The maximum atomic E-state index is 12.2. The Balaban J connectivity index is 1.81. The highest BCUT2D eigenvalue weighted by atomic mass is 35.5. The Kier molecular flexibility index (Phi) is 7.66. The first-order valence-electron chi connectivity index (χ1n) is 8.64. The van der Waals surface area contributed by atoms with E-state index in [2.05, 4.69) is 5.32 Å². The molecule has 0 atom stereocenters. The molecule has 1 N–H and O–H groups in total. The van der Waals surface area contributed by atoms with Crippen molar-refractivity contribution in [3.05, 3.63) is 59.1 Å². The topological polar surface area (TPSA) is 72.5 Å². The molecule has 7 heteroatoms. The van der Waals surface area contributed by atoms with E-state index in [1.54, 1.807) is 30.3 Å². The SMILES string of the molecule is CC(C)(C)C(=O)Nc1ccc(C(=O)COC(=O)CSc2ccccc2Cl)cc1. The number of ketones is 1. The average molecular weight is 420 g/mol. The maximum Gasteiger partial charge on any atom is 0.316 e. The van der Waals surface area contributed by atoms with Gasteiger partial charge in [-0.3, -0.25) is 14.4 Å². The Morgan fingerprint density at radius 1 is 1.04 bits per heavy atom. The zero-order valence-electron chi connectivity index (χ0n) is 16.0. The largest absolute Gasteiger partial charge is 0.457 e. The molecule has 2 aromatic carbocycles. The van der Waals surface area contributed by atoms with Crippen LogP contribution in [0.3, 0.4) is 0 Å². The summed E-state index contributed by atoms with van der Waals surface area (Å²) in [6, 6.07) is 13.7. The number of amides is 1. The highest BCUT2D eigenvalue weighted by Gasteiger charge is 2.21. The second kappa shape index (κ2) is 9.75. The third-order valence-corrected chi connectivity index (χ3v) is 5.18. The van der Waals surface area contributed by atoms with Crippen molar-refractivity contribution in [2.75, 3.05) is 17.7 Å². The van der Waals surface area contributed by atoms with Gasteiger partial charge in [0.1, 0.15) is 0 Å². The van der Waals surface area contributed by atoms with E-state index in [0.717, 1.165) is 4.90 Å². The second-order valence-corrected chi connectivity index (χ2v) is 8.51. The van der Waals surface area contributed by atoms with Gasteiger partial charge in [-0.2, -0.15) is 0 Å². The lowest BCUT2D eigenvalue weighted by Gasteiger charge is -2.17. The Labute approximate surface area is 173 Å². The van der Waals surface area contributed by atoms with Gasteiger partial charge in [0.2, 0.25) is 5.91 Å². The summed E-state index contributed by atoms with van der Waals surface area (Å²) in [6.07, 6.45) is 0. The van der Waals surface area contributed by atoms with Crippen LogP contribution in [0.5, 0.6) is 0 Å². The Morgan fingerprint density at radius 3 is 2.29 bits per heavy atom. The summed E-state index contributed by atoms with van der Waals surface area (Å²) in [5.41, 5.74) is 0.495. The molecule has 2 rings (SSSR count). The highest BCUT2D eigenvalue weighted by molar-refractivity contribution is 8.00. The van der Waals surface area contributed by atoms with Crippen LogP contribution in [-0.2, 0) is 14.3 Å². The molecule has 28 heavy (non-hydrogen) atoms. The van der Waals surface area contributed by atoms with Crippen molar-refractivity contribution in [3.63, 3.8) is 0 Å². The predicted octanol–water partition coefficient (Wildman–Crippen LogP) is 4.84. The van der Waals surface area contributed by atoms with Gasteiger partial charge < -0.3 is 10.1 Å². The van der Waals surface area contributed by atoms with Crippen molar-refractivity contribution in [1.29, 1.82) is 0 Å². The molecule has 0 unspecified atom stereocenters. The number of halogens is 1. The van der Waals surface area contributed by atoms with Crippen LogP contribution in [0.15, 0.2) is 53.4 Å². The summed E-state index contributed by atoms with van der Waals surface area (Å²) in [6.45, 7) is 5.12. The number of rotatable bonds is 7. The van der Waals surface area contributed by atoms with Crippen molar-refractivity contribution in [1.82, 2.24) is 0 Å². The molecule has 0 bridgehead atoms. The van der Waals surface area contributed by atoms with Crippen molar-refractivity contribution in [2.45, 2.75) is 25.7 Å². The number of Topliss-reactive ketones (excluding diaryl/α,β-unsaturated/α-hetero) is 1. The highest BCUT2D eigenvalue weighted by Crippen LogP contribution is 2.26. The number of ether oxygens (including phenoxy) is 1. The van der Waals surface area contributed by atoms with E-state index in [1.165, 1.54) is 11.8 Å². The number of hydrogen-bond acceptors (Lipinski definition) is 5. The average Bonchev–Trinajstić information content (AvgIpc) is 2.65. The van der Waals surface area contributed by atoms with E-state index in [4.69, 9.17) is 16.3 Å². The Bertz CT molecular complexity index is 859. The number of benzene rings is 2. The molecule has 0 aliphatic rings. The zero-order valence-corrected chi connectivity index (χ0v) is 17.5. The van der Waals surface area contributed by atoms with Crippen LogP contribution in [0.2, 0.25) is 5.02 Å². The van der Waals surface area contributed by atoms with E-state index < -0.39 is 11.4 Å². The molecule has 2 aromatic rings. The summed E-state index contributed by atoms with van der Waals surface area (Å²) >= 11 is 7.29. The molecule has 0 saturated carbocycles. The standard InChI is InChI=1S/C21H22ClNO4S/c1-21(2,3)20(26)23-15-10-8-14(9-11-15)17(24)12-27-19(25)13-28-18-7-5-4-6-16(18)22/h4-11H,12-13H2,1-3H3,(H,23,26). The number of hydrogen-bond donors (Lipinski definition) is 1. The van der Waals surface area contributed by atoms with Gasteiger partial charge in [-0.15, -0.1) is 11.8 Å². The van der Waals surface area contributed by atoms with Crippen LogP contribution >= 0.6 is 23.4 Å². The van der Waals surface area contributed by atoms with Crippen LogP contribution in [0.4, 0.5) is 5.69 Å². The van der Waals surface area contributed by atoms with Crippen LogP contribution in [0.1, 0.15) is 31.1 Å². The molecule has 0 aliphatic carbocycles. The number of carbonyl (C=O) groups excluding carboxylic acids is 3. The molecular weight excluding hydrogens is 398 g/mol. The minimum Gasteiger partial charge on any atom is -0.457 e. The van der Waals surface area contributed by atoms with E-state index in [1.807, 2.05) is 39.0 Å². The molecule has 5 nitrogen and oxygen atoms in total. The molecule has 1 amide bonds. The van der Waals surface area contributed by atoms with Gasteiger partial charge in [0, 0.05) is 21.6 Å². The Morgan fingerprint density at radius 2 is 1.68 bits per heavy atom. The molecule has 0 fully saturated rings. The lowest BCUT2D eigenvalue weighted by molar-refractivity contribution is -0.139. The van der Waals surface area contributed by atoms with Gasteiger partial charge in [0.15, 0.2) is 12.4 Å². The van der Waals surface area contributed by atoms with Gasteiger partial charge in [0.05, 0.1) is 10.8 Å². The number of carbonyl (C=O) groups is 3. The van der Waals surface area contributed by atoms with Crippen LogP contribution in [0.25, 0.3) is 0 Å². The third kappa shape index (κ3) is 6.69. The van der Waals surface area contributed by atoms with Gasteiger partial charge in [-0.1, -0.05) is 44.5 Å². The minimum absolute atomic E-state index is 0.0643. The first kappa shape index (κ1) is 22.0. The van der Waals surface area contributed by atoms with Crippen molar-refractivity contribution in [2.24, 2.45) is 5.41 Å². The lowest BCUT2D eigenvalue weighted by Crippen LogP contribution is -2.27. The molecule has 0 aliphatic heterocycles. The maximum absolute atomic E-state index is 12.2. The van der Waals surface area contributed by atoms with Crippen LogP contribution in [0, 0.1) is 5.41 Å². The molecule has 148 valence electrons. The monoisotopic (exact) mass is 419 g/mol. The summed E-state index contributed by atoms with van der Waals surface area (Å²) in [5.74, 6) is -0.858. The number of anilines is 1. The lowest BCUT2D eigenvalue weighted by atomic mass is 9.95. The molecule has 0 aromatic heterocycles. The zero-order chi connectivity index (χ0) is 20.7. The number of nitrogens with one attached hydrogen (secondary N) is 1. The number of esters is 1. The molecule has 0 saturated heterocycles.